The van der Waals surface area contributed by atoms with Gasteiger partial charge in [-0.3, -0.25) is 19.5 Å². The highest BCUT2D eigenvalue weighted by atomic mass is 35.5. The van der Waals surface area contributed by atoms with E-state index in [1.165, 1.54) is 4.90 Å². The number of amides is 1. The van der Waals surface area contributed by atoms with Crippen molar-refractivity contribution < 1.29 is 14.7 Å². The molecule has 5 nitrogen and oxygen atoms in total. The smallest absolute Gasteiger partial charge is 0.323 e. The van der Waals surface area contributed by atoms with E-state index in [1.807, 2.05) is 51.1 Å². The number of carboxylic acids is 1. The monoisotopic (exact) mass is 384 g/mol. The number of fused-ring (bicyclic) bond motifs is 1. The Labute approximate surface area is 163 Å². The zero-order chi connectivity index (χ0) is 19.8. The number of hydrogen-bond acceptors (Lipinski definition) is 3. The molecular formula is C21H21ClN2O3. The number of benzene rings is 2. The first-order valence-corrected chi connectivity index (χ1v) is 9.02. The average Bonchev–Trinajstić information content (AvgIpc) is 2.70. The largest absolute Gasteiger partial charge is 0.480 e. The number of carbonyl (C=O) groups excluding carboxylic acids is 1. The second-order valence-corrected chi connectivity index (χ2v) is 8.03. The topological polar surface area (TPSA) is 70.0 Å². The summed E-state index contributed by atoms with van der Waals surface area (Å²) in [4.78, 5) is 30.8. The summed E-state index contributed by atoms with van der Waals surface area (Å²) < 4.78 is 0. The molecule has 3 rings (SSSR count). The first-order valence-electron chi connectivity index (χ1n) is 8.65. The molecule has 0 radical (unpaired) electrons. The number of carboxylic acid groups (broad SMARTS) is 1. The zero-order valence-corrected chi connectivity index (χ0v) is 16.2. The third kappa shape index (κ3) is 3.88. The van der Waals surface area contributed by atoms with Gasteiger partial charge >= 0.3 is 5.97 Å². The molecule has 1 amide bonds. The minimum absolute atomic E-state index is 0.334. The molecule has 1 aliphatic rings. The lowest BCUT2D eigenvalue weighted by Gasteiger charge is -2.30. The van der Waals surface area contributed by atoms with Crippen LogP contribution in [0.25, 0.3) is 0 Å². The standard InChI is InChI=1S/C21H21ClN2O3/c1-21(2,3)19-20(27)24(12-17(25)26)16-10-9-14(22)11-15(16)18(23-19)13-7-5-4-6-8-13/h4-11,19H,12H2,1-3H3,(H,25,26)/t19-/m1/s1. The van der Waals surface area contributed by atoms with Crippen LogP contribution in [0.4, 0.5) is 5.69 Å². The molecule has 1 heterocycles. The van der Waals surface area contributed by atoms with E-state index in [2.05, 4.69) is 0 Å². The molecule has 1 N–H and O–H groups in total. The molecule has 0 aromatic heterocycles. The first-order chi connectivity index (χ1) is 12.7. The number of nitrogens with zero attached hydrogens (tertiary/aromatic N) is 2. The van der Waals surface area contributed by atoms with E-state index in [-0.39, 0.29) is 5.91 Å². The molecule has 1 aliphatic heterocycles. The fraction of sp³-hybridized carbons (Fsp3) is 0.286. The van der Waals surface area contributed by atoms with Gasteiger partial charge in [0.2, 0.25) is 0 Å². The molecule has 0 fully saturated rings. The lowest BCUT2D eigenvalue weighted by atomic mass is 9.86. The molecule has 6 heteroatoms. The number of aliphatic imine (C=N–C) groups is 1. The van der Waals surface area contributed by atoms with E-state index >= 15 is 0 Å². The Morgan fingerprint density at radius 1 is 1.19 bits per heavy atom. The van der Waals surface area contributed by atoms with Crippen LogP contribution in [0.1, 0.15) is 31.9 Å². The van der Waals surface area contributed by atoms with Crippen molar-refractivity contribution in [1.29, 1.82) is 0 Å². The van der Waals surface area contributed by atoms with E-state index in [0.29, 0.717) is 22.0 Å². The van der Waals surface area contributed by atoms with Gasteiger partial charge in [-0.15, -0.1) is 0 Å². The summed E-state index contributed by atoms with van der Waals surface area (Å²) in [6.07, 6.45) is 0. The summed E-state index contributed by atoms with van der Waals surface area (Å²) in [7, 11) is 0. The predicted octanol–water partition coefficient (Wildman–Crippen LogP) is 4.02. The maximum absolute atomic E-state index is 13.3. The van der Waals surface area contributed by atoms with E-state index in [9.17, 15) is 14.7 Å². The van der Waals surface area contributed by atoms with Crippen LogP contribution < -0.4 is 4.90 Å². The number of hydrogen-bond donors (Lipinski definition) is 1. The van der Waals surface area contributed by atoms with Crippen molar-refractivity contribution in [3.63, 3.8) is 0 Å². The second kappa shape index (κ2) is 7.16. The van der Waals surface area contributed by atoms with Crippen LogP contribution in [-0.4, -0.2) is 35.3 Å². The van der Waals surface area contributed by atoms with E-state index < -0.39 is 24.0 Å². The van der Waals surface area contributed by atoms with Gasteiger partial charge in [0.25, 0.3) is 5.91 Å². The Bertz CT molecular complexity index is 917. The highest BCUT2D eigenvalue weighted by molar-refractivity contribution is 6.32. The summed E-state index contributed by atoms with van der Waals surface area (Å²) in [5, 5.41) is 9.86. The summed E-state index contributed by atoms with van der Waals surface area (Å²) in [5.41, 5.74) is 2.14. The van der Waals surface area contributed by atoms with Gasteiger partial charge in [-0.25, -0.2) is 0 Å². The third-order valence-corrected chi connectivity index (χ3v) is 4.66. The summed E-state index contributed by atoms with van der Waals surface area (Å²) in [5.74, 6) is -1.42. The van der Waals surface area contributed by atoms with Crippen molar-refractivity contribution in [1.82, 2.24) is 0 Å². The fourth-order valence-electron chi connectivity index (χ4n) is 3.14. The van der Waals surface area contributed by atoms with Crippen molar-refractivity contribution in [3.05, 3.63) is 64.7 Å². The molecule has 0 aliphatic carbocycles. The molecule has 0 saturated carbocycles. The normalized spacial score (nSPS) is 17.2. The Morgan fingerprint density at radius 3 is 2.44 bits per heavy atom. The lowest BCUT2D eigenvalue weighted by Crippen LogP contribution is -2.46. The van der Waals surface area contributed by atoms with Crippen molar-refractivity contribution in [2.24, 2.45) is 10.4 Å². The van der Waals surface area contributed by atoms with Gasteiger partial charge in [-0.2, -0.15) is 0 Å². The molecule has 0 bridgehead atoms. The highest BCUT2D eigenvalue weighted by Gasteiger charge is 2.39. The zero-order valence-electron chi connectivity index (χ0n) is 15.4. The molecule has 0 spiro atoms. The van der Waals surface area contributed by atoms with Gasteiger partial charge in [0.1, 0.15) is 12.6 Å². The molecule has 140 valence electrons. The average molecular weight is 385 g/mol. The second-order valence-electron chi connectivity index (χ2n) is 7.59. The van der Waals surface area contributed by atoms with Crippen LogP contribution in [0.2, 0.25) is 5.02 Å². The molecule has 0 saturated heterocycles. The van der Waals surface area contributed by atoms with Crippen LogP contribution >= 0.6 is 11.6 Å². The Balaban J connectivity index is 2.31. The Kier molecular flexibility index (Phi) is 5.07. The lowest BCUT2D eigenvalue weighted by molar-refractivity contribution is -0.137. The van der Waals surface area contributed by atoms with Crippen LogP contribution in [-0.2, 0) is 9.59 Å². The van der Waals surface area contributed by atoms with Gasteiger partial charge in [-0.05, 0) is 23.6 Å². The van der Waals surface area contributed by atoms with Crippen LogP contribution in [0.5, 0.6) is 0 Å². The minimum atomic E-state index is -1.08. The third-order valence-electron chi connectivity index (χ3n) is 4.42. The number of aliphatic carboxylic acids is 1. The molecule has 1 atom stereocenters. The summed E-state index contributed by atoms with van der Waals surface area (Å²) >= 11 is 6.22. The van der Waals surface area contributed by atoms with Crippen molar-refractivity contribution in [2.45, 2.75) is 26.8 Å². The molecule has 27 heavy (non-hydrogen) atoms. The van der Waals surface area contributed by atoms with Gasteiger partial charge in [-0.1, -0.05) is 62.7 Å². The SMILES string of the molecule is CC(C)(C)[C@@H]1N=C(c2ccccc2)c2cc(Cl)ccc2N(CC(=O)O)C1=O. The van der Waals surface area contributed by atoms with Gasteiger partial charge in [0.05, 0.1) is 11.4 Å². The first kappa shape index (κ1) is 19.1. The molecule has 0 unspecified atom stereocenters. The van der Waals surface area contributed by atoms with Crippen molar-refractivity contribution >= 4 is 34.9 Å². The number of halogens is 1. The number of benzodiazepines with no additional fused rings is 1. The van der Waals surface area contributed by atoms with Crippen LogP contribution in [0.15, 0.2) is 53.5 Å². The van der Waals surface area contributed by atoms with Gasteiger partial charge in [0.15, 0.2) is 0 Å². The minimum Gasteiger partial charge on any atom is -0.480 e. The highest BCUT2D eigenvalue weighted by Crippen LogP contribution is 2.35. The van der Waals surface area contributed by atoms with E-state index in [0.717, 1.165) is 5.56 Å². The van der Waals surface area contributed by atoms with Gasteiger partial charge < -0.3 is 5.11 Å². The summed E-state index contributed by atoms with van der Waals surface area (Å²) in [6, 6.07) is 13.9. The maximum Gasteiger partial charge on any atom is 0.323 e. The van der Waals surface area contributed by atoms with Crippen molar-refractivity contribution in [3.8, 4) is 0 Å². The number of rotatable bonds is 3. The van der Waals surface area contributed by atoms with E-state index in [4.69, 9.17) is 16.6 Å². The van der Waals surface area contributed by atoms with Gasteiger partial charge in [0, 0.05) is 16.1 Å². The Hall–Kier alpha value is -2.66. The summed E-state index contributed by atoms with van der Waals surface area (Å²) in [6.45, 7) is 5.33. The maximum atomic E-state index is 13.3. The Morgan fingerprint density at radius 2 is 1.85 bits per heavy atom. The fourth-order valence-corrected chi connectivity index (χ4v) is 3.31. The quantitative estimate of drug-likeness (QED) is 0.868. The number of carbonyl (C=O) groups is 2. The van der Waals surface area contributed by atoms with Crippen LogP contribution in [0.3, 0.4) is 0 Å². The van der Waals surface area contributed by atoms with Crippen molar-refractivity contribution in [2.75, 3.05) is 11.4 Å². The predicted molar refractivity (Wildman–Crippen MR) is 107 cm³/mol. The molecule has 2 aromatic rings. The van der Waals surface area contributed by atoms with E-state index in [1.54, 1.807) is 18.2 Å². The van der Waals surface area contributed by atoms with Crippen LogP contribution in [0, 0.1) is 5.41 Å². The molecule has 2 aromatic carbocycles. The number of anilines is 1. The molecular weight excluding hydrogens is 364 g/mol.